The molecule has 2 aromatic rings. The van der Waals surface area contributed by atoms with Gasteiger partial charge in [0.05, 0.1) is 11.1 Å². The van der Waals surface area contributed by atoms with Crippen LogP contribution in [0.15, 0.2) is 28.8 Å². The largest absolute Gasteiger partial charge is 0.336 e. The molecule has 1 aromatic heterocycles. The summed E-state index contributed by atoms with van der Waals surface area (Å²) >= 11 is 0. The van der Waals surface area contributed by atoms with Crippen LogP contribution in [-0.2, 0) is 0 Å². The molecule has 0 radical (unpaired) electrons. The third-order valence-electron chi connectivity index (χ3n) is 4.60. The third kappa shape index (κ3) is 3.85. The SMILES string of the molecule is CC(C)c1noc(-c2ccccc2C(=O)N2CC(CN)CC2C)n1.Cl. The lowest BCUT2D eigenvalue weighted by atomic mass is 10.1. The van der Waals surface area contributed by atoms with Crippen LogP contribution in [0.5, 0.6) is 0 Å². The topological polar surface area (TPSA) is 85.2 Å². The summed E-state index contributed by atoms with van der Waals surface area (Å²) in [4.78, 5) is 19.4. The molecule has 1 amide bonds. The van der Waals surface area contributed by atoms with Crippen LogP contribution in [0, 0.1) is 5.92 Å². The van der Waals surface area contributed by atoms with Crippen molar-refractivity contribution in [2.24, 2.45) is 11.7 Å². The van der Waals surface area contributed by atoms with E-state index in [4.69, 9.17) is 10.3 Å². The van der Waals surface area contributed by atoms with Crippen LogP contribution < -0.4 is 5.73 Å². The number of aromatic nitrogens is 2. The standard InChI is InChI=1S/C18H24N4O2.ClH/c1-11(2)16-20-17(24-21-16)14-6-4-5-7-15(14)18(23)22-10-13(9-19)8-12(22)3;/h4-7,11-13H,8-10,19H2,1-3H3;1H. The minimum absolute atomic E-state index is 0. The fraction of sp³-hybridized carbons (Fsp3) is 0.500. The van der Waals surface area contributed by atoms with Crippen molar-refractivity contribution in [3.63, 3.8) is 0 Å². The van der Waals surface area contributed by atoms with Crippen LogP contribution in [0.25, 0.3) is 11.5 Å². The van der Waals surface area contributed by atoms with E-state index in [1.807, 2.05) is 43.0 Å². The quantitative estimate of drug-likeness (QED) is 0.900. The van der Waals surface area contributed by atoms with Gasteiger partial charge in [-0.2, -0.15) is 4.98 Å². The van der Waals surface area contributed by atoms with Crippen molar-refractivity contribution < 1.29 is 9.32 Å². The van der Waals surface area contributed by atoms with Gasteiger partial charge in [-0.15, -0.1) is 12.4 Å². The maximum Gasteiger partial charge on any atom is 0.258 e. The van der Waals surface area contributed by atoms with E-state index in [-0.39, 0.29) is 30.3 Å². The van der Waals surface area contributed by atoms with Crippen LogP contribution in [-0.4, -0.2) is 40.1 Å². The van der Waals surface area contributed by atoms with Gasteiger partial charge in [-0.1, -0.05) is 31.1 Å². The zero-order valence-electron chi connectivity index (χ0n) is 14.8. The summed E-state index contributed by atoms with van der Waals surface area (Å²) in [6, 6.07) is 7.60. The summed E-state index contributed by atoms with van der Waals surface area (Å²) in [5.74, 6) is 1.58. The van der Waals surface area contributed by atoms with E-state index >= 15 is 0 Å². The minimum Gasteiger partial charge on any atom is -0.336 e. The first kappa shape index (κ1) is 19.4. The summed E-state index contributed by atoms with van der Waals surface area (Å²) in [7, 11) is 0. The molecular formula is C18H25ClN4O2. The molecular weight excluding hydrogens is 340 g/mol. The Morgan fingerprint density at radius 1 is 1.40 bits per heavy atom. The molecule has 1 fully saturated rings. The number of rotatable bonds is 4. The molecule has 0 spiro atoms. The van der Waals surface area contributed by atoms with Gasteiger partial charge in [0.15, 0.2) is 5.82 Å². The smallest absolute Gasteiger partial charge is 0.258 e. The molecule has 1 aliphatic heterocycles. The molecule has 2 heterocycles. The summed E-state index contributed by atoms with van der Waals surface area (Å²) < 4.78 is 5.38. The fourth-order valence-corrected chi connectivity index (χ4v) is 3.19. The van der Waals surface area contributed by atoms with Crippen LogP contribution in [0.4, 0.5) is 0 Å². The number of halogens is 1. The first-order valence-electron chi connectivity index (χ1n) is 8.45. The molecule has 2 N–H and O–H groups in total. The molecule has 6 nitrogen and oxygen atoms in total. The van der Waals surface area contributed by atoms with Crippen LogP contribution >= 0.6 is 12.4 Å². The van der Waals surface area contributed by atoms with Crippen molar-refractivity contribution in [3.8, 4) is 11.5 Å². The highest BCUT2D eigenvalue weighted by atomic mass is 35.5. The van der Waals surface area contributed by atoms with E-state index in [2.05, 4.69) is 17.1 Å². The summed E-state index contributed by atoms with van der Waals surface area (Å²) in [5, 5.41) is 4.00. The summed E-state index contributed by atoms with van der Waals surface area (Å²) in [5.41, 5.74) is 7.06. The lowest BCUT2D eigenvalue weighted by Crippen LogP contribution is -2.34. The Labute approximate surface area is 154 Å². The Balaban J connectivity index is 0.00000225. The van der Waals surface area contributed by atoms with Crippen LogP contribution in [0.3, 0.4) is 0 Å². The van der Waals surface area contributed by atoms with Crippen LogP contribution in [0.2, 0.25) is 0 Å². The zero-order chi connectivity index (χ0) is 17.3. The maximum absolute atomic E-state index is 13.0. The number of likely N-dealkylation sites (tertiary alicyclic amines) is 1. The first-order valence-corrected chi connectivity index (χ1v) is 8.45. The molecule has 1 saturated heterocycles. The third-order valence-corrected chi connectivity index (χ3v) is 4.60. The lowest BCUT2D eigenvalue weighted by molar-refractivity contribution is 0.0744. The Morgan fingerprint density at radius 2 is 2.12 bits per heavy atom. The molecule has 136 valence electrons. The Hall–Kier alpha value is -1.92. The highest BCUT2D eigenvalue weighted by Gasteiger charge is 2.33. The van der Waals surface area contributed by atoms with E-state index < -0.39 is 0 Å². The van der Waals surface area contributed by atoms with Crippen molar-refractivity contribution in [3.05, 3.63) is 35.7 Å². The predicted molar refractivity (Wildman–Crippen MR) is 98.7 cm³/mol. The molecule has 0 saturated carbocycles. The van der Waals surface area contributed by atoms with E-state index in [1.165, 1.54) is 0 Å². The van der Waals surface area contributed by atoms with Gasteiger partial charge in [-0.05, 0) is 37.9 Å². The van der Waals surface area contributed by atoms with Gasteiger partial charge in [0.1, 0.15) is 0 Å². The lowest BCUT2D eigenvalue weighted by Gasteiger charge is -2.22. The number of carbonyl (C=O) groups excluding carboxylic acids is 1. The molecule has 7 heteroatoms. The molecule has 2 unspecified atom stereocenters. The van der Waals surface area contributed by atoms with Gasteiger partial charge in [-0.25, -0.2) is 0 Å². The van der Waals surface area contributed by atoms with Crippen molar-refractivity contribution in [2.45, 2.75) is 39.2 Å². The minimum atomic E-state index is -0.00153. The van der Waals surface area contributed by atoms with Gasteiger partial charge >= 0.3 is 0 Å². The van der Waals surface area contributed by atoms with Crippen molar-refractivity contribution in [1.29, 1.82) is 0 Å². The maximum atomic E-state index is 13.0. The molecule has 3 rings (SSSR count). The molecule has 1 aliphatic rings. The highest BCUT2D eigenvalue weighted by Crippen LogP contribution is 2.29. The van der Waals surface area contributed by atoms with Crippen molar-refractivity contribution in [2.75, 3.05) is 13.1 Å². The Morgan fingerprint density at radius 3 is 2.72 bits per heavy atom. The summed E-state index contributed by atoms with van der Waals surface area (Å²) in [6.45, 7) is 7.39. The molecule has 25 heavy (non-hydrogen) atoms. The molecule has 0 aliphatic carbocycles. The van der Waals surface area contributed by atoms with Gasteiger partial charge in [0.25, 0.3) is 11.8 Å². The van der Waals surface area contributed by atoms with E-state index in [9.17, 15) is 4.79 Å². The van der Waals surface area contributed by atoms with Gasteiger partial charge in [0, 0.05) is 18.5 Å². The second-order valence-corrected chi connectivity index (χ2v) is 6.80. The number of hydrogen-bond donors (Lipinski definition) is 1. The number of amides is 1. The Kier molecular flexibility index (Phi) is 6.19. The van der Waals surface area contributed by atoms with Gasteiger partial charge in [0.2, 0.25) is 0 Å². The molecule has 1 aromatic carbocycles. The zero-order valence-corrected chi connectivity index (χ0v) is 15.6. The predicted octanol–water partition coefficient (Wildman–Crippen LogP) is 3.09. The average molecular weight is 365 g/mol. The van der Waals surface area contributed by atoms with E-state index in [0.717, 1.165) is 6.42 Å². The Bertz CT molecular complexity index is 731. The molecule has 0 bridgehead atoms. The van der Waals surface area contributed by atoms with Crippen LogP contribution in [0.1, 0.15) is 49.3 Å². The number of nitrogens with zero attached hydrogens (tertiary/aromatic N) is 3. The van der Waals surface area contributed by atoms with Crippen molar-refractivity contribution in [1.82, 2.24) is 15.0 Å². The fourth-order valence-electron chi connectivity index (χ4n) is 3.19. The normalized spacial score (nSPS) is 20.0. The number of nitrogens with two attached hydrogens (primary N) is 1. The summed E-state index contributed by atoms with van der Waals surface area (Å²) in [6.07, 6.45) is 0.947. The van der Waals surface area contributed by atoms with E-state index in [1.54, 1.807) is 0 Å². The molecule has 2 atom stereocenters. The van der Waals surface area contributed by atoms with E-state index in [0.29, 0.717) is 41.8 Å². The first-order chi connectivity index (χ1) is 11.5. The van der Waals surface area contributed by atoms with Gasteiger partial charge < -0.3 is 15.2 Å². The number of carbonyl (C=O) groups is 1. The average Bonchev–Trinajstić information content (AvgIpc) is 3.21. The highest BCUT2D eigenvalue weighted by molar-refractivity contribution is 6.00. The second-order valence-electron chi connectivity index (χ2n) is 6.80. The van der Waals surface area contributed by atoms with Crippen molar-refractivity contribution >= 4 is 18.3 Å². The number of hydrogen-bond acceptors (Lipinski definition) is 5. The number of benzene rings is 1. The second kappa shape index (κ2) is 7.97. The van der Waals surface area contributed by atoms with Gasteiger partial charge in [-0.3, -0.25) is 4.79 Å². The monoisotopic (exact) mass is 364 g/mol.